The van der Waals surface area contributed by atoms with Crippen molar-refractivity contribution in [2.45, 2.75) is 25.7 Å². The fourth-order valence-corrected chi connectivity index (χ4v) is 3.47. The molecule has 0 amide bonds. The van der Waals surface area contributed by atoms with Crippen LogP contribution < -0.4 is 4.90 Å². The number of nitro groups is 1. The Morgan fingerprint density at radius 2 is 2.08 bits per heavy atom. The highest BCUT2D eigenvalue weighted by molar-refractivity contribution is 5.95. The van der Waals surface area contributed by atoms with Crippen molar-refractivity contribution in [1.29, 1.82) is 0 Å². The van der Waals surface area contributed by atoms with E-state index in [1.165, 1.54) is 11.8 Å². The lowest BCUT2D eigenvalue weighted by Crippen LogP contribution is -2.33. The molecule has 1 fully saturated rings. The maximum Gasteiger partial charge on any atom is 0.345 e. The van der Waals surface area contributed by atoms with Crippen molar-refractivity contribution in [1.82, 2.24) is 9.78 Å². The number of carbonyl (C=O) groups is 1. The number of aromatic nitrogens is 2. The molecule has 1 aliphatic rings. The number of rotatable bonds is 5. The standard InChI is InChI=1S/C18H22N4O4/c1-3-26-18(23)15-12-14(4-5-17(15)22(24)25)21-10-7-13(8-11-21)16-6-9-19-20(16)2/h4-6,9,12-13H,3,7-8,10-11H2,1-2H3. The zero-order chi connectivity index (χ0) is 18.7. The molecule has 0 saturated carbocycles. The third-order valence-corrected chi connectivity index (χ3v) is 4.81. The van der Waals surface area contributed by atoms with Crippen LogP contribution in [-0.4, -0.2) is 40.4 Å². The summed E-state index contributed by atoms with van der Waals surface area (Å²) in [5, 5.41) is 15.4. The van der Waals surface area contributed by atoms with Crippen LogP contribution in [0.1, 0.15) is 41.7 Å². The van der Waals surface area contributed by atoms with E-state index in [-0.39, 0.29) is 17.9 Å². The van der Waals surface area contributed by atoms with Gasteiger partial charge in [0.05, 0.1) is 11.5 Å². The third-order valence-electron chi connectivity index (χ3n) is 4.81. The summed E-state index contributed by atoms with van der Waals surface area (Å²) in [6.45, 7) is 3.49. The summed E-state index contributed by atoms with van der Waals surface area (Å²) in [4.78, 5) is 24.9. The van der Waals surface area contributed by atoms with Gasteiger partial charge in [0.25, 0.3) is 5.69 Å². The molecule has 0 unspecified atom stereocenters. The lowest BCUT2D eigenvalue weighted by Gasteiger charge is -2.33. The van der Waals surface area contributed by atoms with E-state index in [0.717, 1.165) is 31.6 Å². The second kappa shape index (κ2) is 7.55. The maximum atomic E-state index is 12.1. The molecule has 138 valence electrons. The van der Waals surface area contributed by atoms with Gasteiger partial charge >= 0.3 is 5.97 Å². The molecule has 8 heteroatoms. The van der Waals surface area contributed by atoms with Crippen molar-refractivity contribution in [2.24, 2.45) is 7.05 Å². The van der Waals surface area contributed by atoms with Gasteiger partial charge in [-0.3, -0.25) is 14.8 Å². The number of hydrogen-bond donors (Lipinski definition) is 0. The molecular formula is C18H22N4O4. The Morgan fingerprint density at radius 1 is 1.35 bits per heavy atom. The van der Waals surface area contributed by atoms with Gasteiger partial charge in [0.15, 0.2) is 0 Å². The van der Waals surface area contributed by atoms with Crippen LogP contribution in [0.25, 0.3) is 0 Å². The first-order valence-corrected chi connectivity index (χ1v) is 8.69. The van der Waals surface area contributed by atoms with E-state index in [0.29, 0.717) is 5.92 Å². The number of piperidine rings is 1. The van der Waals surface area contributed by atoms with Crippen LogP contribution in [0.15, 0.2) is 30.5 Å². The molecule has 0 N–H and O–H groups in total. The molecule has 1 aromatic heterocycles. The van der Waals surface area contributed by atoms with Crippen molar-refractivity contribution in [2.75, 3.05) is 24.6 Å². The predicted molar refractivity (Wildman–Crippen MR) is 96.4 cm³/mol. The summed E-state index contributed by atoms with van der Waals surface area (Å²) in [6, 6.07) is 6.70. The van der Waals surface area contributed by atoms with Crippen molar-refractivity contribution < 1.29 is 14.5 Å². The third kappa shape index (κ3) is 3.54. The molecular weight excluding hydrogens is 336 g/mol. The van der Waals surface area contributed by atoms with E-state index in [1.54, 1.807) is 19.1 Å². The van der Waals surface area contributed by atoms with E-state index in [2.05, 4.69) is 10.00 Å². The minimum absolute atomic E-state index is 0.00288. The number of aryl methyl sites for hydroxylation is 1. The molecule has 0 aliphatic carbocycles. The quantitative estimate of drug-likeness (QED) is 0.464. The second-order valence-corrected chi connectivity index (χ2v) is 6.32. The lowest BCUT2D eigenvalue weighted by atomic mass is 9.93. The van der Waals surface area contributed by atoms with Crippen LogP contribution in [0.2, 0.25) is 0 Å². The predicted octanol–water partition coefficient (Wildman–Crippen LogP) is 2.89. The Kier molecular flexibility index (Phi) is 5.20. The molecule has 2 heterocycles. The van der Waals surface area contributed by atoms with Crippen molar-refractivity contribution in [3.05, 3.63) is 51.8 Å². The molecule has 26 heavy (non-hydrogen) atoms. The van der Waals surface area contributed by atoms with E-state index in [1.807, 2.05) is 24.0 Å². The smallest absolute Gasteiger partial charge is 0.345 e. The van der Waals surface area contributed by atoms with Gasteiger partial charge in [-0.25, -0.2) is 4.79 Å². The Morgan fingerprint density at radius 3 is 2.65 bits per heavy atom. The fourth-order valence-electron chi connectivity index (χ4n) is 3.47. The summed E-state index contributed by atoms with van der Waals surface area (Å²) in [6.07, 6.45) is 3.74. The average molecular weight is 358 g/mol. The summed E-state index contributed by atoms with van der Waals surface area (Å²) in [7, 11) is 1.95. The molecule has 3 rings (SSSR count). The van der Waals surface area contributed by atoms with Gasteiger partial charge < -0.3 is 9.64 Å². The highest BCUT2D eigenvalue weighted by Gasteiger charge is 2.26. The first-order chi connectivity index (χ1) is 12.5. The van der Waals surface area contributed by atoms with Gasteiger partial charge in [-0.05, 0) is 38.0 Å². The Balaban J connectivity index is 1.78. The van der Waals surface area contributed by atoms with Crippen LogP contribution in [0.3, 0.4) is 0 Å². The van der Waals surface area contributed by atoms with Crippen molar-refractivity contribution >= 4 is 17.3 Å². The number of nitrogens with zero attached hydrogens (tertiary/aromatic N) is 4. The fraction of sp³-hybridized carbons (Fsp3) is 0.444. The normalized spacial score (nSPS) is 15.1. The molecule has 8 nitrogen and oxygen atoms in total. The first kappa shape index (κ1) is 17.9. The number of nitro benzene ring substituents is 1. The monoisotopic (exact) mass is 358 g/mol. The van der Waals surface area contributed by atoms with Gasteiger partial charge in [-0.2, -0.15) is 5.10 Å². The van der Waals surface area contributed by atoms with E-state index in [9.17, 15) is 14.9 Å². The van der Waals surface area contributed by atoms with Gasteiger partial charge in [-0.15, -0.1) is 0 Å². The molecule has 1 aromatic carbocycles. The van der Waals surface area contributed by atoms with Crippen LogP contribution in [-0.2, 0) is 11.8 Å². The molecule has 0 spiro atoms. The summed E-state index contributed by atoms with van der Waals surface area (Å²) >= 11 is 0. The lowest BCUT2D eigenvalue weighted by molar-refractivity contribution is -0.385. The molecule has 0 atom stereocenters. The molecule has 2 aromatic rings. The Hall–Kier alpha value is -2.90. The average Bonchev–Trinajstić information content (AvgIpc) is 3.07. The minimum atomic E-state index is -0.661. The van der Waals surface area contributed by atoms with Gasteiger partial charge in [0.2, 0.25) is 0 Å². The van der Waals surface area contributed by atoms with Crippen LogP contribution in [0.4, 0.5) is 11.4 Å². The van der Waals surface area contributed by atoms with Gasteiger partial charge in [0.1, 0.15) is 5.56 Å². The maximum absolute atomic E-state index is 12.1. The summed E-state index contributed by atoms with van der Waals surface area (Å²) in [5.74, 6) is -0.216. The number of benzene rings is 1. The van der Waals surface area contributed by atoms with Crippen LogP contribution in [0, 0.1) is 10.1 Å². The zero-order valence-corrected chi connectivity index (χ0v) is 14.9. The number of hydrogen-bond acceptors (Lipinski definition) is 6. The topological polar surface area (TPSA) is 90.5 Å². The molecule has 0 radical (unpaired) electrons. The second-order valence-electron chi connectivity index (χ2n) is 6.32. The van der Waals surface area contributed by atoms with E-state index >= 15 is 0 Å². The SMILES string of the molecule is CCOC(=O)c1cc(N2CCC(c3ccnn3C)CC2)ccc1[N+](=O)[O-]. The van der Waals surface area contributed by atoms with Gasteiger partial charge in [-0.1, -0.05) is 0 Å². The highest BCUT2D eigenvalue weighted by atomic mass is 16.6. The molecule has 0 bridgehead atoms. The Bertz CT molecular complexity index is 809. The number of ether oxygens (including phenoxy) is 1. The van der Waals surface area contributed by atoms with Crippen molar-refractivity contribution in [3.63, 3.8) is 0 Å². The van der Waals surface area contributed by atoms with Crippen LogP contribution >= 0.6 is 0 Å². The number of esters is 1. The first-order valence-electron chi connectivity index (χ1n) is 8.69. The summed E-state index contributed by atoms with van der Waals surface area (Å²) in [5.41, 5.74) is 1.81. The Labute approximate surface area is 151 Å². The molecule has 1 aliphatic heterocycles. The van der Waals surface area contributed by atoms with E-state index in [4.69, 9.17) is 4.74 Å². The number of carbonyl (C=O) groups excluding carboxylic acids is 1. The highest BCUT2D eigenvalue weighted by Crippen LogP contribution is 2.32. The van der Waals surface area contributed by atoms with Crippen molar-refractivity contribution in [3.8, 4) is 0 Å². The molecule has 1 saturated heterocycles. The number of anilines is 1. The largest absolute Gasteiger partial charge is 0.462 e. The van der Waals surface area contributed by atoms with E-state index < -0.39 is 10.9 Å². The summed E-state index contributed by atoms with van der Waals surface area (Å²) < 4.78 is 6.88. The zero-order valence-electron chi connectivity index (χ0n) is 14.9. The minimum Gasteiger partial charge on any atom is -0.462 e. The van der Waals surface area contributed by atoms with Crippen LogP contribution in [0.5, 0.6) is 0 Å². The van der Waals surface area contributed by atoms with Gasteiger partial charge in [0, 0.05) is 49.7 Å².